The molecule has 0 unspecified atom stereocenters. The van der Waals surface area contributed by atoms with Gasteiger partial charge in [-0.1, -0.05) is 0 Å². The van der Waals surface area contributed by atoms with E-state index in [0.717, 1.165) is 17.5 Å². The van der Waals surface area contributed by atoms with Crippen LogP contribution in [0.15, 0.2) is 28.0 Å². The number of nitrogens with zero attached hydrogens (tertiary/aromatic N) is 2. The third-order valence-electron chi connectivity index (χ3n) is 2.50. The minimum absolute atomic E-state index is 0. The molecular formula is C12H17IN4S2. The number of rotatable bonds is 4. The maximum absolute atomic E-state index is 4.22. The number of guanidine groups is 1. The lowest BCUT2D eigenvalue weighted by Crippen LogP contribution is -2.36. The Morgan fingerprint density at radius 3 is 2.63 bits per heavy atom. The molecule has 0 atom stereocenters. The number of thiophene rings is 1. The van der Waals surface area contributed by atoms with E-state index in [1.54, 1.807) is 29.7 Å². The van der Waals surface area contributed by atoms with Crippen LogP contribution in [0.2, 0.25) is 0 Å². The molecule has 0 fully saturated rings. The summed E-state index contributed by atoms with van der Waals surface area (Å²) < 4.78 is 0. The van der Waals surface area contributed by atoms with Crippen molar-refractivity contribution in [3.63, 3.8) is 0 Å². The molecule has 0 aliphatic carbocycles. The highest BCUT2D eigenvalue weighted by Crippen LogP contribution is 2.14. The van der Waals surface area contributed by atoms with E-state index >= 15 is 0 Å². The fraction of sp³-hybridized carbons (Fsp3) is 0.333. The molecular weight excluding hydrogens is 391 g/mol. The van der Waals surface area contributed by atoms with E-state index in [4.69, 9.17) is 0 Å². The molecule has 2 N–H and O–H groups in total. The van der Waals surface area contributed by atoms with Crippen LogP contribution in [0.1, 0.15) is 15.4 Å². The van der Waals surface area contributed by atoms with E-state index in [1.807, 2.05) is 11.6 Å². The SMILES string of the molecule is CN=C(NCc1nccs1)NCc1sccc1C.I. The van der Waals surface area contributed by atoms with E-state index in [0.29, 0.717) is 6.54 Å². The van der Waals surface area contributed by atoms with Crippen molar-refractivity contribution in [2.45, 2.75) is 20.0 Å². The van der Waals surface area contributed by atoms with Gasteiger partial charge in [-0.15, -0.1) is 46.7 Å². The maximum atomic E-state index is 4.22. The van der Waals surface area contributed by atoms with E-state index < -0.39 is 0 Å². The van der Waals surface area contributed by atoms with Crippen LogP contribution >= 0.6 is 46.7 Å². The molecule has 0 amide bonds. The summed E-state index contributed by atoms with van der Waals surface area (Å²) >= 11 is 3.40. The first-order valence-electron chi connectivity index (χ1n) is 5.65. The minimum Gasteiger partial charge on any atom is -0.352 e. The van der Waals surface area contributed by atoms with Gasteiger partial charge in [-0.2, -0.15) is 0 Å². The highest BCUT2D eigenvalue weighted by molar-refractivity contribution is 14.0. The summed E-state index contributed by atoms with van der Waals surface area (Å²) in [6.07, 6.45) is 1.81. The number of halogens is 1. The molecule has 2 heterocycles. The lowest BCUT2D eigenvalue weighted by molar-refractivity contribution is 0.809. The lowest BCUT2D eigenvalue weighted by atomic mass is 10.3. The fourth-order valence-corrected chi connectivity index (χ4v) is 2.87. The van der Waals surface area contributed by atoms with E-state index in [2.05, 4.69) is 39.0 Å². The molecule has 4 nitrogen and oxygen atoms in total. The Bertz CT molecular complexity index is 508. The Morgan fingerprint density at radius 1 is 1.26 bits per heavy atom. The van der Waals surface area contributed by atoms with Crippen LogP contribution in [-0.2, 0) is 13.1 Å². The van der Waals surface area contributed by atoms with Crippen LogP contribution in [0.5, 0.6) is 0 Å². The van der Waals surface area contributed by atoms with Gasteiger partial charge in [0.05, 0.1) is 13.1 Å². The predicted molar refractivity (Wildman–Crippen MR) is 93.6 cm³/mol. The average Bonchev–Trinajstić information content (AvgIpc) is 3.01. The van der Waals surface area contributed by atoms with Crippen LogP contribution in [0.4, 0.5) is 0 Å². The van der Waals surface area contributed by atoms with Gasteiger partial charge in [0.2, 0.25) is 0 Å². The van der Waals surface area contributed by atoms with Crippen molar-refractivity contribution in [3.8, 4) is 0 Å². The quantitative estimate of drug-likeness (QED) is 0.465. The van der Waals surface area contributed by atoms with E-state index in [1.165, 1.54) is 10.4 Å². The second-order valence-corrected chi connectivity index (χ2v) is 5.71. The number of nitrogens with one attached hydrogen (secondary N) is 2. The van der Waals surface area contributed by atoms with Crippen molar-refractivity contribution in [2.24, 2.45) is 4.99 Å². The largest absolute Gasteiger partial charge is 0.352 e. The van der Waals surface area contributed by atoms with Gasteiger partial charge >= 0.3 is 0 Å². The first-order valence-corrected chi connectivity index (χ1v) is 7.41. The van der Waals surface area contributed by atoms with Gasteiger partial charge in [-0.3, -0.25) is 4.99 Å². The number of hydrogen-bond donors (Lipinski definition) is 2. The Morgan fingerprint density at radius 2 is 2.05 bits per heavy atom. The van der Waals surface area contributed by atoms with Crippen molar-refractivity contribution in [1.82, 2.24) is 15.6 Å². The summed E-state index contributed by atoms with van der Waals surface area (Å²) in [5, 5.41) is 11.7. The summed E-state index contributed by atoms with van der Waals surface area (Å²) in [5.41, 5.74) is 1.32. The summed E-state index contributed by atoms with van der Waals surface area (Å²) in [5.74, 6) is 0.804. The standard InChI is InChI=1S/C12H16N4S2.HI/c1-9-3-5-17-10(9)7-15-12(13-2)16-8-11-14-4-6-18-11;/h3-6H,7-8H2,1-2H3,(H2,13,15,16);1H. The van der Waals surface area contributed by atoms with Crippen molar-refractivity contribution in [2.75, 3.05) is 7.05 Å². The third-order valence-corrected chi connectivity index (χ3v) is 4.30. The number of aryl methyl sites for hydroxylation is 1. The molecule has 7 heteroatoms. The number of thiazole rings is 1. The smallest absolute Gasteiger partial charge is 0.191 e. The molecule has 0 radical (unpaired) electrons. The van der Waals surface area contributed by atoms with Crippen LogP contribution in [0.3, 0.4) is 0 Å². The average molecular weight is 408 g/mol. The molecule has 104 valence electrons. The van der Waals surface area contributed by atoms with Crippen LogP contribution in [0.25, 0.3) is 0 Å². The Balaban J connectivity index is 0.00000180. The third kappa shape index (κ3) is 5.07. The van der Waals surface area contributed by atoms with Crippen LogP contribution in [-0.4, -0.2) is 18.0 Å². The topological polar surface area (TPSA) is 49.3 Å². The second kappa shape index (κ2) is 8.49. The maximum Gasteiger partial charge on any atom is 0.191 e. The summed E-state index contributed by atoms with van der Waals surface area (Å²) in [7, 11) is 1.78. The molecule has 0 aliphatic heterocycles. The highest BCUT2D eigenvalue weighted by atomic mass is 127. The van der Waals surface area contributed by atoms with Gasteiger partial charge in [-0.05, 0) is 23.9 Å². The zero-order valence-electron chi connectivity index (χ0n) is 10.8. The summed E-state index contributed by atoms with van der Waals surface area (Å²) in [6.45, 7) is 3.64. The Labute approximate surface area is 138 Å². The Hall–Kier alpha value is -0.670. The number of aromatic nitrogens is 1. The zero-order chi connectivity index (χ0) is 12.8. The minimum atomic E-state index is 0. The molecule has 0 saturated carbocycles. The van der Waals surface area contributed by atoms with Gasteiger partial charge in [0.15, 0.2) is 5.96 Å². The second-order valence-electron chi connectivity index (χ2n) is 3.73. The van der Waals surface area contributed by atoms with Gasteiger partial charge < -0.3 is 10.6 Å². The Kier molecular flexibility index (Phi) is 7.32. The zero-order valence-corrected chi connectivity index (χ0v) is 14.8. The van der Waals surface area contributed by atoms with Gasteiger partial charge in [-0.25, -0.2) is 4.98 Å². The van der Waals surface area contributed by atoms with Crippen molar-refractivity contribution in [3.05, 3.63) is 38.5 Å². The summed E-state index contributed by atoms with van der Waals surface area (Å²) in [4.78, 5) is 9.75. The predicted octanol–water partition coefficient (Wildman–Crippen LogP) is 3.00. The molecule has 0 bridgehead atoms. The molecule has 0 aliphatic rings. The molecule has 0 spiro atoms. The first kappa shape index (κ1) is 16.4. The molecule has 2 aromatic rings. The van der Waals surface area contributed by atoms with Crippen molar-refractivity contribution < 1.29 is 0 Å². The van der Waals surface area contributed by atoms with Crippen LogP contribution < -0.4 is 10.6 Å². The van der Waals surface area contributed by atoms with E-state index in [-0.39, 0.29) is 24.0 Å². The van der Waals surface area contributed by atoms with Gasteiger partial charge in [0, 0.05) is 23.5 Å². The first-order chi connectivity index (χ1) is 8.79. The van der Waals surface area contributed by atoms with Crippen molar-refractivity contribution >= 4 is 52.6 Å². The lowest BCUT2D eigenvalue weighted by Gasteiger charge is -2.10. The summed E-state index contributed by atoms with van der Waals surface area (Å²) in [6, 6.07) is 2.13. The molecule has 2 rings (SSSR count). The number of hydrogen-bond acceptors (Lipinski definition) is 4. The highest BCUT2D eigenvalue weighted by Gasteiger charge is 2.02. The van der Waals surface area contributed by atoms with Gasteiger partial charge in [0.1, 0.15) is 5.01 Å². The molecule has 0 saturated heterocycles. The number of aliphatic imine (C=N–C) groups is 1. The van der Waals surface area contributed by atoms with Crippen LogP contribution in [0, 0.1) is 6.92 Å². The van der Waals surface area contributed by atoms with E-state index in [9.17, 15) is 0 Å². The molecule has 2 aromatic heterocycles. The molecule has 19 heavy (non-hydrogen) atoms. The van der Waals surface area contributed by atoms with Gasteiger partial charge in [0.25, 0.3) is 0 Å². The normalized spacial score (nSPS) is 10.9. The fourth-order valence-electron chi connectivity index (χ4n) is 1.47. The molecule has 0 aromatic carbocycles. The monoisotopic (exact) mass is 408 g/mol. The van der Waals surface area contributed by atoms with Crippen molar-refractivity contribution in [1.29, 1.82) is 0 Å².